The summed E-state index contributed by atoms with van der Waals surface area (Å²) in [6.45, 7) is 4.12. The number of methoxy groups -OCH3 is 1. The van der Waals surface area contributed by atoms with Crippen molar-refractivity contribution in [1.82, 2.24) is 4.90 Å². The lowest BCUT2D eigenvalue weighted by Crippen LogP contribution is -2.56. The van der Waals surface area contributed by atoms with Crippen molar-refractivity contribution in [2.45, 2.75) is 25.3 Å². The molecule has 174 valence electrons. The number of fused-ring (bicyclic) bond motifs is 1. The van der Waals surface area contributed by atoms with Crippen molar-refractivity contribution in [1.29, 1.82) is 0 Å². The third-order valence-corrected chi connectivity index (χ3v) is 8.06. The van der Waals surface area contributed by atoms with Gasteiger partial charge in [0.05, 0.1) is 12.5 Å². The summed E-state index contributed by atoms with van der Waals surface area (Å²) in [5.74, 6) is -0.0319. The van der Waals surface area contributed by atoms with E-state index in [-0.39, 0.29) is 5.92 Å². The largest absolute Gasteiger partial charge is 0.497 e. The Balaban J connectivity index is 1.63. The molecule has 0 aromatic heterocycles. The molecule has 1 aliphatic heterocycles. The van der Waals surface area contributed by atoms with Crippen LogP contribution >= 0.6 is 0 Å². The predicted octanol–water partition coefficient (Wildman–Crippen LogP) is 5.64. The van der Waals surface area contributed by atoms with Gasteiger partial charge in [-0.3, -0.25) is 9.69 Å². The summed E-state index contributed by atoms with van der Waals surface area (Å²) in [5, 5.41) is 11.0. The predicted molar refractivity (Wildman–Crippen MR) is 135 cm³/mol. The van der Waals surface area contributed by atoms with E-state index in [1.54, 1.807) is 7.11 Å². The molecule has 0 radical (unpaired) electrons. The normalized spacial score (nSPS) is 26.5. The van der Waals surface area contributed by atoms with Crippen molar-refractivity contribution in [3.63, 3.8) is 0 Å². The van der Waals surface area contributed by atoms with Crippen LogP contribution in [0.15, 0.2) is 91.0 Å². The number of aliphatic carboxylic acids is 1. The minimum Gasteiger partial charge on any atom is -0.497 e. The number of ether oxygens (including phenoxy) is 1. The first-order valence-corrected chi connectivity index (χ1v) is 11.9. The first-order valence-electron chi connectivity index (χ1n) is 11.9. The highest BCUT2D eigenvalue weighted by Crippen LogP contribution is 2.60. The van der Waals surface area contributed by atoms with Crippen LogP contribution in [0.3, 0.4) is 0 Å². The maximum atomic E-state index is 13.3. The SMILES string of the molecule is COc1ccc(C2=CCC(C)(c3ccccc3)C3(C(=O)O)CN(Cc4ccccc4)CC23)cc1. The van der Waals surface area contributed by atoms with Crippen LogP contribution in [0, 0.1) is 11.3 Å². The summed E-state index contributed by atoms with van der Waals surface area (Å²) >= 11 is 0. The second-order valence-corrected chi connectivity index (χ2v) is 9.77. The molecule has 1 heterocycles. The van der Waals surface area contributed by atoms with Gasteiger partial charge in [-0.05, 0) is 40.8 Å². The topological polar surface area (TPSA) is 49.8 Å². The van der Waals surface area contributed by atoms with Crippen molar-refractivity contribution in [2.75, 3.05) is 20.2 Å². The van der Waals surface area contributed by atoms with E-state index in [4.69, 9.17) is 4.74 Å². The average Bonchev–Trinajstić information content (AvgIpc) is 3.27. The molecule has 4 nitrogen and oxygen atoms in total. The van der Waals surface area contributed by atoms with Gasteiger partial charge in [-0.1, -0.05) is 85.8 Å². The number of hydrogen-bond donors (Lipinski definition) is 1. The molecule has 1 aliphatic carbocycles. The lowest BCUT2D eigenvalue weighted by molar-refractivity contribution is -0.155. The molecule has 0 bridgehead atoms. The van der Waals surface area contributed by atoms with Gasteiger partial charge in [-0.15, -0.1) is 0 Å². The Morgan fingerprint density at radius 1 is 1.00 bits per heavy atom. The number of allylic oxidation sites excluding steroid dienone is 1. The monoisotopic (exact) mass is 453 g/mol. The van der Waals surface area contributed by atoms with Crippen molar-refractivity contribution >= 4 is 11.5 Å². The van der Waals surface area contributed by atoms with Crippen molar-refractivity contribution in [3.8, 4) is 5.75 Å². The molecule has 4 heteroatoms. The van der Waals surface area contributed by atoms with E-state index in [2.05, 4.69) is 54.3 Å². The molecule has 1 saturated heterocycles. The number of carboxylic acids is 1. The second kappa shape index (κ2) is 8.77. The van der Waals surface area contributed by atoms with Gasteiger partial charge in [0.15, 0.2) is 0 Å². The molecule has 0 spiro atoms. The van der Waals surface area contributed by atoms with E-state index in [1.807, 2.05) is 48.5 Å². The fraction of sp³-hybridized carbons (Fsp3) is 0.300. The quantitative estimate of drug-likeness (QED) is 0.525. The standard InChI is InChI=1S/C30H31NO3/c1-29(24-11-7-4-8-12-24)18-17-26(23-13-15-25(34-2)16-14-23)27-20-31(21-30(27,29)28(32)33)19-22-9-5-3-6-10-22/h3-17,27H,18-21H2,1-2H3,(H,32,33). The van der Waals surface area contributed by atoms with Gasteiger partial charge < -0.3 is 9.84 Å². The van der Waals surface area contributed by atoms with Gasteiger partial charge in [0.25, 0.3) is 0 Å². The molecule has 3 aromatic rings. The maximum Gasteiger partial charge on any atom is 0.312 e. The molecule has 1 N–H and O–H groups in total. The van der Waals surface area contributed by atoms with E-state index < -0.39 is 16.8 Å². The number of nitrogens with zero attached hydrogens (tertiary/aromatic N) is 1. The summed E-state index contributed by atoms with van der Waals surface area (Å²) in [7, 11) is 1.66. The molecule has 1 fully saturated rings. The first-order chi connectivity index (χ1) is 16.5. The zero-order valence-electron chi connectivity index (χ0n) is 19.8. The number of hydrogen-bond acceptors (Lipinski definition) is 3. The van der Waals surface area contributed by atoms with Crippen molar-refractivity contribution in [3.05, 3.63) is 108 Å². The highest BCUT2D eigenvalue weighted by Gasteiger charge is 2.65. The smallest absolute Gasteiger partial charge is 0.312 e. The number of likely N-dealkylation sites (tertiary alicyclic amines) is 1. The van der Waals surface area contributed by atoms with Crippen molar-refractivity contribution < 1.29 is 14.6 Å². The Kier molecular flexibility index (Phi) is 5.78. The number of carboxylic acid groups (broad SMARTS) is 1. The third-order valence-electron chi connectivity index (χ3n) is 8.06. The molecule has 3 atom stereocenters. The molecule has 3 aromatic carbocycles. The minimum atomic E-state index is -0.937. The number of benzene rings is 3. The fourth-order valence-corrected chi connectivity index (χ4v) is 6.20. The highest BCUT2D eigenvalue weighted by molar-refractivity contribution is 5.85. The Bertz CT molecular complexity index is 1190. The molecular weight excluding hydrogens is 422 g/mol. The Labute approximate surface area is 201 Å². The third kappa shape index (κ3) is 3.54. The lowest BCUT2D eigenvalue weighted by atomic mass is 9.51. The van der Waals surface area contributed by atoms with E-state index in [1.165, 1.54) is 5.56 Å². The Hall–Kier alpha value is -3.37. The molecule has 5 rings (SSSR count). The van der Waals surface area contributed by atoms with E-state index in [0.29, 0.717) is 19.5 Å². The lowest BCUT2D eigenvalue weighted by Gasteiger charge is -2.50. The van der Waals surface area contributed by atoms with Crippen LogP contribution in [0.4, 0.5) is 0 Å². The molecule has 2 aliphatic rings. The molecular formula is C30H31NO3. The zero-order valence-corrected chi connectivity index (χ0v) is 19.8. The summed E-state index contributed by atoms with van der Waals surface area (Å²) in [5.41, 5.74) is 3.05. The maximum absolute atomic E-state index is 13.3. The molecule has 0 saturated carbocycles. The van der Waals surface area contributed by atoms with E-state index >= 15 is 0 Å². The second-order valence-electron chi connectivity index (χ2n) is 9.77. The van der Waals surface area contributed by atoms with E-state index in [9.17, 15) is 9.90 Å². The van der Waals surface area contributed by atoms with Crippen LogP contribution in [-0.4, -0.2) is 36.2 Å². The van der Waals surface area contributed by atoms with Gasteiger partial charge >= 0.3 is 5.97 Å². The van der Waals surface area contributed by atoms with Gasteiger partial charge in [0.2, 0.25) is 0 Å². The molecule has 34 heavy (non-hydrogen) atoms. The van der Waals surface area contributed by atoms with Crippen LogP contribution in [0.25, 0.3) is 5.57 Å². The van der Waals surface area contributed by atoms with Crippen molar-refractivity contribution in [2.24, 2.45) is 11.3 Å². The van der Waals surface area contributed by atoms with Crippen LogP contribution in [0.5, 0.6) is 5.75 Å². The number of carbonyl (C=O) groups is 1. The van der Waals surface area contributed by atoms with E-state index in [0.717, 1.165) is 29.0 Å². The summed E-state index contributed by atoms with van der Waals surface area (Å²) in [6.07, 6.45) is 2.97. The fourth-order valence-electron chi connectivity index (χ4n) is 6.20. The molecule has 3 unspecified atom stereocenters. The first kappa shape index (κ1) is 22.4. The van der Waals surface area contributed by atoms with Crippen LogP contribution < -0.4 is 4.74 Å². The van der Waals surface area contributed by atoms with Gasteiger partial charge in [0, 0.05) is 31.0 Å². The van der Waals surface area contributed by atoms with Crippen LogP contribution in [0.2, 0.25) is 0 Å². The van der Waals surface area contributed by atoms with Gasteiger partial charge in [-0.2, -0.15) is 0 Å². The summed E-state index contributed by atoms with van der Waals surface area (Å²) in [4.78, 5) is 15.7. The molecule has 0 amide bonds. The Morgan fingerprint density at radius 3 is 2.26 bits per heavy atom. The summed E-state index contributed by atoms with van der Waals surface area (Å²) in [6, 6.07) is 28.6. The van der Waals surface area contributed by atoms with Crippen LogP contribution in [0.1, 0.15) is 30.0 Å². The zero-order chi connectivity index (χ0) is 23.8. The van der Waals surface area contributed by atoms with Crippen LogP contribution in [-0.2, 0) is 16.8 Å². The average molecular weight is 454 g/mol. The summed E-state index contributed by atoms with van der Waals surface area (Å²) < 4.78 is 5.35. The Morgan fingerprint density at radius 2 is 1.65 bits per heavy atom. The highest BCUT2D eigenvalue weighted by atomic mass is 16.5. The van der Waals surface area contributed by atoms with Gasteiger partial charge in [0.1, 0.15) is 5.75 Å². The minimum absolute atomic E-state index is 0.124. The van der Waals surface area contributed by atoms with Gasteiger partial charge in [-0.25, -0.2) is 0 Å². The number of rotatable bonds is 6.